The highest BCUT2D eigenvalue weighted by atomic mass is 16.5. The fourth-order valence-electron chi connectivity index (χ4n) is 3.13. The number of hydrogen-bond acceptors (Lipinski definition) is 6. The predicted octanol–water partition coefficient (Wildman–Crippen LogP) is 4.16. The molecule has 0 unspecified atom stereocenters. The van der Waals surface area contributed by atoms with Crippen molar-refractivity contribution in [2.75, 3.05) is 27.4 Å². The molecule has 0 saturated heterocycles. The van der Waals surface area contributed by atoms with E-state index in [9.17, 15) is 4.79 Å². The number of hydrogen-bond donors (Lipinski definition) is 1. The van der Waals surface area contributed by atoms with Crippen molar-refractivity contribution in [2.45, 2.75) is 19.4 Å². The van der Waals surface area contributed by atoms with Crippen molar-refractivity contribution in [3.05, 3.63) is 59.2 Å². The van der Waals surface area contributed by atoms with E-state index in [1.165, 1.54) is 6.08 Å². The molecule has 30 heavy (non-hydrogen) atoms. The highest BCUT2D eigenvalue weighted by Crippen LogP contribution is 2.40. The van der Waals surface area contributed by atoms with Gasteiger partial charge >= 0.3 is 0 Å². The summed E-state index contributed by atoms with van der Waals surface area (Å²) in [6, 6.07) is 8.80. The molecule has 0 fully saturated rings. The molecule has 0 amide bonds. The van der Waals surface area contributed by atoms with Gasteiger partial charge in [-0.2, -0.15) is 0 Å². The number of rotatable bonds is 8. The Morgan fingerprint density at radius 3 is 2.53 bits per heavy atom. The van der Waals surface area contributed by atoms with Gasteiger partial charge in [-0.05, 0) is 61.9 Å². The van der Waals surface area contributed by atoms with Gasteiger partial charge in [-0.25, -0.2) is 0 Å². The number of methoxy groups -OCH3 is 2. The van der Waals surface area contributed by atoms with E-state index in [2.05, 4.69) is 0 Å². The molecule has 158 valence electrons. The molecular formula is C24H26O6. The Hall–Kier alpha value is -3.25. The van der Waals surface area contributed by atoms with Crippen molar-refractivity contribution in [3.63, 3.8) is 0 Å². The van der Waals surface area contributed by atoms with Crippen molar-refractivity contribution in [1.82, 2.24) is 0 Å². The van der Waals surface area contributed by atoms with E-state index in [1.54, 1.807) is 44.6 Å². The number of fused-ring (bicyclic) bond motifs is 1. The summed E-state index contributed by atoms with van der Waals surface area (Å²) < 4.78 is 22.2. The van der Waals surface area contributed by atoms with Gasteiger partial charge in [-0.3, -0.25) is 4.79 Å². The van der Waals surface area contributed by atoms with Crippen LogP contribution in [0.4, 0.5) is 0 Å². The van der Waals surface area contributed by atoms with Gasteiger partial charge in [-0.1, -0.05) is 12.1 Å². The van der Waals surface area contributed by atoms with E-state index < -0.39 is 5.60 Å². The summed E-state index contributed by atoms with van der Waals surface area (Å²) in [4.78, 5) is 13.0. The first-order chi connectivity index (χ1) is 14.4. The van der Waals surface area contributed by atoms with Crippen LogP contribution in [0.5, 0.6) is 23.0 Å². The largest absolute Gasteiger partial charge is 0.496 e. The van der Waals surface area contributed by atoms with Gasteiger partial charge in [0, 0.05) is 0 Å². The molecule has 2 aromatic carbocycles. The zero-order valence-corrected chi connectivity index (χ0v) is 17.6. The van der Waals surface area contributed by atoms with Crippen molar-refractivity contribution in [3.8, 4) is 23.0 Å². The highest BCUT2D eigenvalue weighted by Gasteiger charge is 2.27. The van der Waals surface area contributed by atoms with Crippen LogP contribution in [0.3, 0.4) is 0 Å². The number of aliphatic hydroxyl groups is 1. The zero-order chi connectivity index (χ0) is 21.7. The van der Waals surface area contributed by atoms with Gasteiger partial charge in [-0.15, -0.1) is 0 Å². The second-order valence-corrected chi connectivity index (χ2v) is 7.28. The number of ketones is 1. The molecule has 0 aromatic heterocycles. The average Bonchev–Trinajstić information content (AvgIpc) is 2.74. The van der Waals surface area contributed by atoms with Crippen LogP contribution in [-0.4, -0.2) is 43.9 Å². The SMILES string of the molecule is COc1ccc(C=CC(=O)c2ccc(OC)c3c2OC(C)(C)C=C3)cc1OCCO. The van der Waals surface area contributed by atoms with Crippen LogP contribution in [-0.2, 0) is 0 Å². The number of carbonyl (C=O) groups excluding carboxylic acids is 1. The third-order valence-corrected chi connectivity index (χ3v) is 4.62. The fraction of sp³-hybridized carbons (Fsp3) is 0.292. The topological polar surface area (TPSA) is 74.2 Å². The van der Waals surface area contributed by atoms with Crippen LogP contribution in [0.15, 0.2) is 42.5 Å². The van der Waals surface area contributed by atoms with Gasteiger partial charge in [0.25, 0.3) is 0 Å². The standard InChI is InChI=1S/C24H26O6/c1-24(2)12-11-18-20(27-3)10-7-17(23(18)30-24)19(26)8-5-16-6-9-21(28-4)22(15-16)29-14-13-25/h5-12,15,25H,13-14H2,1-4H3. The molecule has 1 aliphatic heterocycles. The number of aliphatic hydroxyl groups excluding tert-OH is 1. The van der Waals surface area contributed by atoms with Gasteiger partial charge in [0.15, 0.2) is 17.3 Å². The van der Waals surface area contributed by atoms with E-state index in [4.69, 9.17) is 24.1 Å². The lowest BCUT2D eigenvalue weighted by molar-refractivity contribution is 0.103. The molecule has 0 spiro atoms. The summed E-state index contributed by atoms with van der Waals surface area (Å²) >= 11 is 0. The van der Waals surface area contributed by atoms with Crippen LogP contribution >= 0.6 is 0 Å². The maximum absolute atomic E-state index is 13.0. The maximum Gasteiger partial charge on any atom is 0.189 e. The molecule has 6 nitrogen and oxygen atoms in total. The first-order valence-electron chi connectivity index (χ1n) is 9.62. The van der Waals surface area contributed by atoms with Crippen LogP contribution in [0.2, 0.25) is 0 Å². The first kappa shape index (κ1) is 21.5. The number of benzene rings is 2. The Labute approximate surface area is 176 Å². The van der Waals surface area contributed by atoms with Crippen LogP contribution in [0.25, 0.3) is 12.2 Å². The summed E-state index contributed by atoms with van der Waals surface area (Å²) in [5.74, 6) is 2.03. The Bertz CT molecular complexity index is 987. The molecule has 3 rings (SSSR count). The monoisotopic (exact) mass is 410 g/mol. The fourth-order valence-corrected chi connectivity index (χ4v) is 3.13. The van der Waals surface area contributed by atoms with Crippen molar-refractivity contribution < 1.29 is 28.8 Å². The van der Waals surface area contributed by atoms with Crippen LogP contribution in [0, 0.1) is 0 Å². The van der Waals surface area contributed by atoms with Crippen molar-refractivity contribution in [2.24, 2.45) is 0 Å². The van der Waals surface area contributed by atoms with Crippen LogP contribution in [0.1, 0.15) is 35.3 Å². The van der Waals surface area contributed by atoms with E-state index >= 15 is 0 Å². The molecule has 1 aliphatic rings. The van der Waals surface area contributed by atoms with Gasteiger partial charge in [0.1, 0.15) is 23.7 Å². The molecule has 6 heteroatoms. The molecule has 0 bridgehead atoms. The second-order valence-electron chi connectivity index (χ2n) is 7.28. The minimum Gasteiger partial charge on any atom is -0.496 e. The first-order valence-corrected chi connectivity index (χ1v) is 9.62. The summed E-state index contributed by atoms with van der Waals surface area (Å²) in [5.41, 5.74) is 1.46. The zero-order valence-electron chi connectivity index (χ0n) is 17.6. The van der Waals surface area contributed by atoms with E-state index in [-0.39, 0.29) is 19.0 Å². The lowest BCUT2D eigenvalue weighted by Gasteiger charge is -2.29. The van der Waals surface area contributed by atoms with E-state index in [1.807, 2.05) is 32.1 Å². The summed E-state index contributed by atoms with van der Waals surface area (Å²) in [7, 11) is 3.13. The van der Waals surface area contributed by atoms with Gasteiger partial charge in [0.2, 0.25) is 0 Å². The summed E-state index contributed by atoms with van der Waals surface area (Å²) in [5, 5.41) is 8.98. The lowest BCUT2D eigenvalue weighted by atomic mass is 9.97. The second kappa shape index (κ2) is 9.05. The smallest absolute Gasteiger partial charge is 0.189 e. The predicted molar refractivity (Wildman–Crippen MR) is 116 cm³/mol. The summed E-state index contributed by atoms with van der Waals surface area (Å²) in [6.07, 6.45) is 7.06. The molecule has 0 aliphatic carbocycles. The molecule has 1 N–H and O–H groups in total. The Morgan fingerprint density at radius 1 is 1.10 bits per heavy atom. The number of carbonyl (C=O) groups is 1. The normalized spacial score (nSPS) is 14.2. The molecule has 0 radical (unpaired) electrons. The molecular weight excluding hydrogens is 384 g/mol. The molecule has 1 heterocycles. The third-order valence-electron chi connectivity index (χ3n) is 4.62. The maximum atomic E-state index is 13.0. The lowest BCUT2D eigenvalue weighted by Crippen LogP contribution is -2.28. The number of ether oxygens (including phenoxy) is 4. The highest BCUT2D eigenvalue weighted by molar-refractivity contribution is 6.09. The Balaban J connectivity index is 1.90. The minimum atomic E-state index is -0.521. The third kappa shape index (κ3) is 4.66. The number of allylic oxidation sites excluding steroid dienone is 1. The van der Waals surface area contributed by atoms with E-state index in [0.29, 0.717) is 28.6 Å². The minimum absolute atomic E-state index is 0.102. The quantitative estimate of drug-likeness (QED) is 0.520. The van der Waals surface area contributed by atoms with Gasteiger partial charge in [0.05, 0.1) is 32.0 Å². The summed E-state index contributed by atoms with van der Waals surface area (Å²) in [6.45, 7) is 3.92. The molecule has 0 saturated carbocycles. The average molecular weight is 410 g/mol. The van der Waals surface area contributed by atoms with Crippen molar-refractivity contribution in [1.29, 1.82) is 0 Å². The van der Waals surface area contributed by atoms with Crippen LogP contribution < -0.4 is 18.9 Å². The molecule has 0 atom stereocenters. The van der Waals surface area contributed by atoms with E-state index in [0.717, 1.165) is 11.1 Å². The van der Waals surface area contributed by atoms with Crippen molar-refractivity contribution >= 4 is 17.9 Å². The Kier molecular flexibility index (Phi) is 6.47. The Morgan fingerprint density at radius 2 is 1.83 bits per heavy atom. The van der Waals surface area contributed by atoms with Gasteiger partial charge < -0.3 is 24.1 Å². The molecule has 2 aromatic rings.